The molecule has 0 radical (unpaired) electrons. The SMILES string of the molecule is CCNC(=NCc1ccc(Cl)cc1Cl)NCCc1nc(C(C)C)no1.I. The van der Waals surface area contributed by atoms with Crippen molar-refractivity contribution in [3.63, 3.8) is 0 Å². The first kappa shape index (κ1) is 23.0. The Bertz CT molecular complexity index is 721. The molecule has 0 atom stereocenters. The van der Waals surface area contributed by atoms with Crippen LogP contribution in [0.3, 0.4) is 0 Å². The summed E-state index contributed by atoms with van der Waals surface area (Å²) >= 11 is 12.1. The van der Waals surface area contributed by atoms with Gasteiger partial charge >= 0.3 is 0 Å². The zero-order valence-electron chi connectivity index (χ0n) is 15.1. The van der Waals surface area contributed by atoms with Crippen LogP contribution >= 0.6 is 47.2 Å². The van der Waals surface area contributed by atoms with E-state index in [0.717, 1.165) is 17.9 Å². The first-order valence-corrected chi connectivity index (χ1v) is 9.03. The van der Waals surface area contributed by atoms with E-state index in [0.29, 0.717) is 41.4 Å². The molecule has 0 amide bonds. The largest absolute Gasteiger partial charge is 0.357 e. The van der Waals surface area contributed by atoms with Gasteiger partial charge in [0.1, 0.15) is 0 Å². The highest BCUT2D eigenvalue weighted by molar-refractivity contribution is 14.0. The molecule has 0 aliphatic carbocycles. The lowest BCUT2D eigenvalue weighted by atomic mass is 10.2. The van der Waals surface area contributed by atoms with Gasteiger partial charge in [0.15, 0.2) is 11.8 Å². The molecule has 0 aliphatic rings. The number of benzene rings is 1. The third-order valence-electron chi connectivity index (χ3n) is 3.40. The lowest BCUT2D eigenvalue weighted by molar-refractivity contribution is 0.371. The minimum atomic E-state index is 0. The predicted molar refractivity (Wildman–Crippen MR) is 117 cm³/mol. The Labute approximate surface area is 181 Å². The molecular weight excluding hydrogens is 488 g/mol. The molecule has 2 N–H and O–H groups in total. The van der Waals surface area contributed by atoms with Crippen molar-refractivity contribution >= 4 is 53.1 Å². The van der Waals surface area contributed by atoms with Gasteiger partial charge in [0.2, 0.25) is 5.89 Å². The Morgan fingerprint density at radius 1 is 1.27 bits per heavy atom. The number of nitrogens with one attached hydrogen (secondary N) is 2. The third kappa shape index (κ3) is 7.28. The van der Waals surface area contributed by atoms with Gasteiger partial charge in [-0.3, -0.25) is 0 Å². The number of hydrogen-bond donors (Lipinski definition) is 2. The Morgan fingerprint density at radius 2 is 2.04 bits per heavy atom. The molecule has 1 aromatic carbocycles. The van der Waals surface area contributed by atoms with E-state index in [2.05, 4.69) is 25.8 Å². The summed E-state index contributed by atoms with van der Waals surface area (Å²) in [6.45, 7) is 7.94. The second kappa shape index (κ2) is 11.6. The lowest BCUT2D eigenvalue weighted by Gasteiger charge is -2.10. The summed E-state index contributed by atoms with van der Waals surface area (Å²) in [7, 11) is 0. The molecule has 0 aliphatic heterocycles. The zero-order chi connectivity index (χ0) is 18.2. The van der Waals surface area contributed by atoms with Crippen molar-refractivity contribution in [1.82, 2.24) is 20.8 Å². The fourth-order valence-electron chi connectivity index (χ4n) is 2.05. The van der Waals surface area contributed by atoms with Gasteiger partial charge < -0.3 is 15.2 Å². The van der Waals surface area contributed by atoms with Crippen LogP contribution in [0.1, 0.15) is 44.0 Å². The first-order chi connectivity index (χ1) is 12.0. The van der Waals surface area contributed by atoms with Gasteiger partial charge in [-0.2, -0.15) is 4.98 Å². The number of hydrogen-bond acceptors (Lipinski definition) is 4. The molecule has 144 valence electrons. The van der Waals surface area contributed by atoms with Crippen LogP contribution in [0, 0.1) is 0 Å². The molecule has 9 heteroatoms. The average Bonchev–Trinajstić information content (AvgIpc) is 3.03. The van der Waals surface area contributed by atoms with E-state index in [1.54, 1.807) is 12.1 Å². The molecule has 2 rings (SSSR count). The molecule has 0 spiro atoms. The molecule has 6 nitrogen and oxygen atoms in total. The van der Waals surface area contributed by atoms with Crippen LogP contribution in [0.25, 0.3) is 0 Å². The van der Waals surface area contributed by atoms with Crippen molar-refractivity contribution in [3.05, 3.63) is 45.5 Å². The first-order valence-electron chi connectivity index (χ1n) is 8.28. The van der Waals surface area contributed by atoms with E-state index in [-0.39, 0.29) is 29.9 Å². The van der Waals surface area contributed by atoms with Crippen molar-refractivity contribution in [2.45, 2.75) is 39.7 Å². The van der Waals surface area contributed by atoms with Crippen molar-refractivity contribution in [2.24, 2.45) is 4.99 Å². The summed E-state index contributed by atoms with van der Waals surface area (Å²) in [4.78, 5) is 8.90. The third-order valence-corrected chi connectivity index (χ3v) is 3.99. The summed E-state index contributed by atoms with van der Waals surface area (Å²) in [6.07, 6.45) is 0.631. The second-order valence-electron chi connectivity index (χ2n) is 5.81. The highest BCUT2D eigenvalue weighted by atomic mass is 127. The summed E-state index contributed by atoms with van der Waals surface area (Å²) in [6, 6.07) is 5.40. The normalized spacial score (nSPS) is 11.4. The molecule has 0 saturated carbocycles. The monoisotopic (exact) mass is 511 g/mol. The lowest BCUT2D eigenvalue weighted by Crippen LogP contribution is -2.38. The smallest absolute Gasteiger partial charge is 0.228 e. The zero-order valence-corrected chi connectivity index (χ0v) is 18.9. The maximum atomic E-state index is 6.18. The maximum absolute atomic E-state index is 6.18. The van der Waals surface area contributed by atoms with Gasteiger partial charge in [-0.25, -0.2) is 4.99 Å². The highest BCUT2D eigenvalue weighted by Crippen LogP contribution is 2.21. The van der Waals surface area contributed by atoms with Gasteiger partial charge in [0.25, 0.3) is 0 Å². The number of aromatic nitrogens is 2. The quantitative estimate of drug-likeness (QED) is 0.327. The molecule has 0 fully saturated rings. The van der Waals surface area contributed by atoms with E-state index in [1.807, 2.05) is 26.8 Å². The van der Waals surface area contributed by atoms with Crippen LogP contribution in [0.4, 0.5) is 0 Å². The summed E-state index contributed by atoms with van der Waals surface area (Å²) < 4.78 is 5.23. The van der Waals surface area contributed by atoms with Crippen molar-refractivity contribution in [3.8, 4) is 0 Å². The van der Waals surface area contributed by atoms with Crippen LogP contribution in [-0.4, -0.2) is 29.2 Å². The van der Waals surface area contributed by atoms with E-state index in [4.69, 9.17) is 27.7 Å². The Kier molecular flexibility index (Phi) is 10.3. The van der Waals surface area contributed by atoms with Gasteiger partial charge in [0, 0.05) is 35.5 Å². The summed E-state index contributed by atoms with van der Waals surface area (Å²) in [5.74, 6) is 2.31. The molecule has 1 aromatic heterocycles. The average molecular weight is 512 g/mol. The van der Waals surface area contributed by atoms with Crippen LogP contribution in [0.15, 0.2) is 27.7 Å². The van der Waals surface area contributed by atoms with Gasteiger partial charge in [-0.05, 0) is 24.6 Å². The van der Waals surface area contributed by atoms with E-state index < -0.39 is 0 Å². The molecule has 2 aromatic rings. The standard InChI is InChI=1S/C17H23Cl2N5O.HI/c1-4-20-17(22-10-12-5-6-13(18)9-14(12)19)21-8-7-15-23-16(11(2)3)24-25-15;/h5-6,9,11H,4,7-8,10H2,1-3H3,(H2,20,21,22);1H. The molecule has 0 saturated heterocycles. The predicted octanol–water partition coefficient (Wildman–Crippen LogP) is 4.42. The molecule has 0 unspecified atom stereocenters. The van der Waals surface area contributed by atoms with Crippen molar-refractivity contribution in [2.75, 3.05) is 13.1 Å². The molecule has 0 bridgehead atoms. The fraction of sp³-hybridized carbons (Fsp3) is 0.471. The highest BCUT2D eigenvalue weighted by Gasteiger charge is 2.09. The van der Waals surface area contributed by atoms with Gasteiger partial charge in [0.05, 0.1) is 6.54 Å². The van der Waals surface area contributed by atoms with Crippen LogP contribution < -0.4 is 10.6 Å². The van der Waals surface area contributed by atoms with Crippen LogP contribution in [-0.2, 0) is 13.0 Å². The van der Waals surface area contributed by atoms with E-state index >= 15 is 0 Å². The Morgan fingerprint density at radius 3 is 2.65 bits per heavy atom. The minimum Gasteiger partial charge on any atom is -0.357 e. The number of guanidine groups is 1. The summed E-state index contributed by atoms with van der Waals surface area (Å²) in [5, 5.41) is 11.6. The number of nitrogens with zero attached hydrogens (tertiary/aromatic N) is 3. The van der Waals surface area contributed by atoms with Gasteiger partial charge in [-0.1, -0.05) is 48.3 Å². The minimum absolute atomic E-state index is 0. The summed E-state index contributed by atoms with van der Waals surface area (Å²) in [5.41, 5.74) is 0.918. The number of rotatable bonds is 7. The molecule has 1 heterocycles. The van der Waals surface area contributed by atoms with Crippen LogP contribution in [0.2, 0.25) is 10.0 Å². The Hall–Kier alpha value is -1.06. The number of aliphatic imine (C=N–C) groups is 1. The fourth-order valence-corrected chi connectivity index (χ4v) is 2.52. The Balaban J connectivity index is 0.00000338. The van der Waals surface area contributed by atoms with Crippen LogP contribution in [0.5, 0.6) is 0 Å². The second-order valence-corrected chi connectivity index (χ2v) is 6.65. The van der Waals surface area contributed by atoms with E-state index in [1.165, 1.54) is 0 Å². The number of halogens is 3. The maximum Gasteiger partial charge on any atom is 0.228 e. The topological polar surface area (TPSA) is 75.3 Å². The van der Waals surface area contributed by atoms with E-state index in [9.17, 15) is 0 Å². The molecule has 26 heavy (non-hydrogen) atoms. The van der Waals surface area contributed by atoms with Gasteiger partial charge in [-0.15, -0.1) is 24.0 Å². The van der Waals surface area contributed by atoms with Crippen molar-refractivity contribution in [1.29, 1.82) is 0 Å². The van der Waals surface area contributed by atoms with Crippen molar-refractivity contribution < 1.29 is 4.52 Å². The molecular formula is C17H24Cl2IN5O.